The first-order valence-corrected chi connectivity index (χ1v) is 6.84. The summed E-state index contributed by atoms with van der Waals surface area (Å²) in [5.74, 6) is -0.206. The highest BCUT2D eigenvalue weighted by molar-refractivity contribution is 7.13. The van der Waals surface area contributed by atoms with Gasteiger partial charge in [0.1, 0.15) is 0 Å². The third kappa shape index (κ3) is 3.74. The van der Waals surface area contributed by atoms with E-state index in [-0.39, 0.29) is 5.91 Å². The molecular weight excluding hydrogens is 252 g/mol. The van der Waals surface area contributed by atoms with Gasteiger partial charge in [-0.05, 0) is 6.92 Å². The predicted molar refractivity (Wildman–Crippen MR) is 70.5 cm³/mol. The number of aromatic nitrogens is 1. The molecule has 1 unspecified atom stereocenters. The Hall–Kier alpha value is -1.02. The number of carbonyl (C=O) groups is 1. The van der Waals surface area contributed by atoms with Crippen molar-refractivity contribution in [2.75, 3.05) is 31.6 Å². The number of thiazole rings is 1. The molecule has 0 aliphatic carbocycles. The number of nitrogens with zero attached hydrogens (tertiary/aromatic N) is 2. The number of carbonyl (C=O) groups excluding carboxylic acids is 1. The molecular formula is C11H18N4O2S. The van der Waals surface area contributed by atoms with E-state index in [1.54, 1.807) is 6.92 Å². The van der Waals surface area contributed by atoms with Crippen molar-refractivity contribution in [2.24, 2.45) is 5.73 Å². The van der Waals surface area contributed by atoms with Crippen molar-refractivity contribution in [3.8, 4) is 0 Å². The Bertz CT molecular complexity index is 402. The lowest BCUT2D eigenvalue weighted by atomic mass is 10.3. The van der Waals surface area contributed by atoms with E-state index in [0.717, 1.165) is 38.5 Å². The third-order valence-corrected chi connectivity index (χ3v) is 3.49. The molecule has 0 saturated carbocycles. The molecule has 18 heavy (non-hydrogen) atoms. The first-order chi connectivity index (χ1) is 8.65. The molecule has 7 heteroatoms. The minimum absolute atomic E-state index is 0.206. The first-order valence-electron chi connectivity index (χ1n) is 5.96. The van der Waals surface area contributed by atoms with Gasteiger partial charge < -0.3 is 15.8 Å². The number of ether oxygens (including phenoxy) is 1. The number of amides is 1. The number of hydrogen-bond donors (Lipinski definition) is 2. The third-order valence-electron chi connectivity index (χ3n) is 2.68. The van der Waals surface area contributed by atoms with Gasteiger partial charge in [-0.25, -0.2) is 4.98 Å². The maximum Gasteiger partial charge on any atom is 0.242 e. The fraction of sp³-hybridized carbons (Fsp3) is 0.636. The molecule has 2 heterocycles. The van der Waals surface area contributed by atoms with Gasteiger partial charge in [0.25, 0.3) is 0 Å². The normalized spacial score (nSPS) is 18.6. The molecule has 1 amide bonds. The second kappa shape index (κ2) is 6.24. The largest absolute Gasteiger partial charge is 0.379 e. The van der Waals surface area contributed by atoms with E-state index in [4.69, 9.17) is 10.5 Å². The Labute approximate surface area is 110 Å². The molecule has 100 valence electrons. The van der Waals surface area contributed by atoms with Crippen LogP contribution in [-0.4, -0.2) is 48.1 Å². The van der Waals surface area contributed by atoms with Crippen molar-refractivity contribution in [1.29, 1.82) is 0 Å². The molecule has 1 aliphatic heterocycles. The van der Waals surface area contributed by atoms with Gasteiger partial charge in [0.15, 0.2) is 5.13 Å². The number of anilines is 1. The summed E-state index contributed by atoms with van der Waals surface area (Å²) in [4.78, 5) is 18.1. The summed E-state index contributed by atoms with van der Waals surface area (Å²) in [6.07, 6.45) is 0. The zero-order chi connectivity index (χ0) is 13.0. The second-order valence-electron chi connectivity index (χ2n) is 4.31. The summed E-state index contributed by atoms with van der Waals surface area (Å²) < 4.78 is 5.29. The smallest absolute Gasteiger partial charge is 0.242 e. The van der Waals surface area contributed by atoms with E-state index in [2.05, 4.69) is 15.2 Å². The molecule has 1 aromatic rings. The maximum atomic E-state index is 11.4. The highest BCUT2D eigenvalue weighted by Gasteiger charge is 2.14. The van der Waals surface area contributed by atoms with Gasteiger partial charge >= 0.3 is 0 Å². The van der Waals surface area contributed by atoms with Crippen LogP contribution in [0, 0.1) is 0 Å². The summed E-state index contributed by atoms with van der Waals surface area (Å²) in [5, 5.41) is 5.28. The molecule has 1 fully saturated rings. The van der Waals surface area contributed by atoms with Crippen LogP contribution in [0.3, 0.4) is 0 Å². The fourth-order valence-corrected chi connectivity index (χ4v) is 2.35. The highest BCUT2D eigenvalue weighted by atomic mass is 32.1. The molecule has 1 atom stereocenters. The Morgan fingerprint density at radius 1 is 1.67 bits per heavy atom. The summed E-state index contributed by atoms with van der Waals surface area (Å²) in [6, 6.07) is -0.517. The van der Waals surface area contributed by atoms with Crippen LogP contribution in [0.25, 0.3) is 0 Å². The molecule has 1 aromatic heterocycles. The van der Waals surface area contributed by atoms with Crippen LogP contribution >= 0.6 is 11.3 Å². The molecule has 2 rings (SSSR count). The van der Waals surface area contributed by atoms with Crippen LogP contribution in [0.4, 0.5) is 5.13 Å². The molecule has 0 spiro atoms. The summed E-state index contributed by atoms with van der Waals surface area (Å²) in [6.45, 7) is 5.86. The van der Waals surface area contributed by atoms with Gasteiger partial charge in [-0.2, -0.15) is 0 Å². The van der Waals surface area contributed by atoms with E-state index in [9.17, 15) is 4.79 Å². The fourth-order valence-electron chi connectivity index (χ4n) is 1.64. The molecule has 1 aliphatic rings. The summed E-state index contributed by atoms with van der Waals surface area (Å²) >= 11 is 1.43. The number of morpholine rings is 1. The molecule has 3 N–H and O–H groups in total. The van der Waals surface area contributed by atoms with Gasteiger partial charge in [0, 0.05) is 25.0 Å². The average molecular weight is 270 g/mol. The van der Waals surface area contributed by atoms with Gasteiger partial charge in [0.05, 0.1) is 24.9 Å². The van der Waals surface area contributed by atoms with Crippen LogP contribution in [-0.2, 0) is 16.1 Å². The van der Waals surface area contributed by atoms with Crippen molar-refractivity contribution in [2.45, 2.75) is 19.5 Å². The SMILES string of the molecule is CC(N)C(=O)Nc1nc(CN2CCOCC2)cs1. The molecule has 1 saturated heterocycles. The minimum Gasteiger partial charge on any atom is -0.379 e. The van der Waals surface area contributed by atoms with Gasteiger partial charge in [0.2, 0.25) is 5.91 Å². The van der Waals surface area contributed by atoms with E-state index < -0.39 is 6.04 Å². The van der Waals surface area contributed by atoms with Crippen LogP contribution in [0.5, 0.6) is 0 Å². The van der Waals surface area contributed by atoms with Crippen LogP contribution in [0.2, 0.25) is 0 Å². The van der Waals surface area contributed by atoms with E-state index in [1.807, 2.05) is 5.38 Å². The quantitative estimate of drug-likeness (QED) is 0.820. The lowest BCUT2D eigenvalue weighted by molar-refractivity contribution is -0.117. The molecule has 0 radical (unpaired) electrons. The monoisotopic (exact) mass is 270 g/mol. The minimum atomic E-state index is -0.517. The molecule has 6 nitrogen and oxygen atoms in total. The van der Waals surface area contributed by atoms with E-state index >= 15 is 0 Å². The topological polar surface area (TPSA) is 80.5 Å². The maximum absolute atomic E-state index is 11.4. The Morgan fingerprint density at radius 2 is 2.39 bits per heavy atom. The number of nitrogens with one attached hydrogen (secondary N) is 1. The van der Waals surface area contributed by atoms with Gasteiger partial charge in [-0.1, -0.05) is 0 Å². The van der Waals surface area contributed by atoms with Gasteiger partial charge in [-0.15, -0.1) is 11.3 Å². The standard InChI is InChI=1S/C11H18N4O2S/c1-8(12)10(16)14-11-13-9(7-18-11)6-15-2-4-17-5-3-15/h7-8H,2-6,12H2,1H3,(H,13,14,16). The average Bonchev–Trinajstić information content (AvgIpc) is 2.77. The van der Waals surface area contributed by atoms with Crippen molar-refractivity contribution < 1.29 is 9.53 Å². The Balaban J connectivity index is 1.87. The zero-order valence-corrected chi connectivity index (χ0v) is 11.2. The van der Waals surface area contributed by atoms with Crippen LogP contribution < -0.4 is 11.1 Å². The van der Waals surface area contributed by atoms with Crippen molar-refractivity contribution in [1.82, 2.24) is 9.88 Å². The van der Waals surface area contributed by atoms with Gasteiger partial charge in [-0.3, -0.25) is 9.69 Å². The Kier molecular flexibility index (Phi) is 4.65. The lowest BCUT2D eigenvalue weighted by Gasteiger charge is -2.25. The van der Waals surface area contributed by atoms with E-state index in [0.29, 0.717) is 5.13 Å². The second-order valence-corrected chi connectivity index (χ2v) is 5.17. The summed E-state index contributed by atoms with van der Waals surface area (Å²) in [7, 11) is 0. The highest BCUT2D eigenvalue weighted by Crippen LogP contribution is 2.17. The zero-order valence-electron chi connectivity index (χ0n) is 10.4. The summed E-state index contributed by atoms with van der Waals surface area (Å²) in [5.41, 5.74) is 6.46. The van der Waals surface area contributed by atoms with Crippen LogP contribution in [0.1, 0.15) is 12.6 Å². The van der Waals surface area contributed by atoms with Crippen molar-refractivity contribution in [3.63, 3.8) is 0 Å². The Morgan fingerprint density at radius 3 is 3.06 bits per heavy atom. The lowest BCUT2D eigenvalue weighted by Crippen LogP contribution is -2.35. The molecule has 0 aromatic carbocycles. The number of rotatable bonds is 4. The number of hydrogen-bond acceptors (Lipinski definition) is 6. The first kappa shape index (κ1) is 13.4. The van der Waals surface area contributed by atoms with E-state index in [1.165, 1.54) is 11.3 Å². The molecule has 0 bridgehead atoms. The number of nitrogens with two attached hydrogens (primary N) is 1. The predicted octanol–water partition coefficient (Wildman–Crippen LogP) is 0.261. The van der Waals surface area contributed by atoms with Crippen molar-refractivity contribution >= 4 is 22.4 Å². The van der Waals surface area contributed by atoms with Crippen molar-refractivity contribution in [3.05, 3.63) is 11.1 Å². The van der Waals surface area contributed by atoms with Crippen LogP contribution in [0.15, 0.2) is 5.38 Å².